The van der Waals surface area contributed by atoms with Crippen LogP contribution in [0.3, 0.4) is 0 Å². The first kappa shape index (κ1) is 12.1. The van der Waals surface area contributed by atoms with Gasteiger partial charge in [-0.25, -0.2) is 4.68 Å². The van der Waals surface area contributed by atoms with Gasteiger partial charge in [-0.05, 0) is 6.42 Å². The van der Waals surface area contributed by atoms with Gasteiger partial charge in [0.25, 0.3) is 0 Å². The summed E-state index contributed by atoms with van der Waals surface area (Å²) >= 11 is 0. The summed E-state index contributed by atoms with van der Waals surface area (Å²) in [7, 11) is 1.61. The van der Waals surface area contributed by atoms with Gasteiger partial charge >= 0.3 is 0 Å². The molecule has 0 saturated heterocycles. The molecule has 1 heterocycles. The number of ether oxygens (including phenoxy) is 1. The molecular weight excluding hydrogens is 196 g/mol. The Morgan fingerprint density at radius 1 is 1.60 bits per heavy atom. The quantitative estimate of drug-likeness (QED) is 0.686. The molecule has 15 heavy (non-hydrogen) atoms. The molecule has 0 aliphatic heterocycles. The van der Waals surface area contributed by atoms with Crippen LogP contribution in [0.1, 0.15) is 30.8 Å². The summed E-state index contributed by atoms with van der Waals surface area (Å²) in [5.74, 6) is 0. The normalized spacial score (nSPS) is 13.1. The lowest BCUT2D eigenvalue weighted by molar-refractivity contribution is 0.161. The second kappa shape index (κ2) is 5.79. The van der Waals surface area contributed by atoms with Gasteiger partial charge in [0, 0.05) is 13.7 Å². The molecule has 3 N–H and O–H groups in total. The average Bonchev–Trinajstić information content (AvgIpc) is 2.64. The molecule has 0 fully saturated rings. The molecule has 6 heteroatoms. The van der Waals surface area contributed by atoms with Crippen molar-refractivity contribution in [1.82, 2.24) is 15.0 Å². The Morgan fingerprint density at radius 3 is 2.80 bits per heavy atom. The first-order chi connectivity index (χ1) is 7.28. The summed E-state index contributed by atoms with van der Waals surface area (Å²) in [6.45, 7) is 2.78. The van der Waals surface area contributed by atoms with Crippen LogP contribution in [0.5, 0.6) is 0 Å². The standard InChI is InChI=1S/C9H18N4O2/c1-3-7(5-14)13-9(6-15-2)8(4-10)11-12-13/h7,14H,3-6,10H2,1-2H3. The van der Waals surface area contributed by atoms with Crippen molar-refractivity contribution < 1.29 is 9.84 Å². The third kappa shape index (κ3) is 2.53. The summed E-state index contributed by atoms with van der Waals surface area (Å²) in [4.78, 5) is 0. The van der Waals surface area contributed by atoms with E-state index in [1.165, 1.54) is 0 Å². The van der Waals surface area contributed by atoms with Crippen LogP contribution in [0.15, 0.2) is 0 Å². The number of nitrogens with zero attached hydrogens (tertiary/aromatic N) is 3. The van der Waals surface area contributed by atoms with Gasteiger partial charge in [0.05, 0.1) is 24.9 Å². The second-order valence-electron chi connectivity index (χ2n) is 3.31. The Morgan fingerprint density at radius 2 is 2.33 bits per heavy atom. The molecule has 1 aromatic heterocycles. The zero-order valence-electron chi connectivity index (χ0n) is 9.18. The van der Waals surface area contributed by atoms with E-state index in [-0.39, 0.29) is 12.6 Å². The fraction of sp³-hybridized carbons (Fsp3) is 0.778. The Kier molecular flexibility index (Phi) is 4.67. The van der Waals surface area contributed by atoms with Crippen LogP contribution >= 0.6 is 0 Å². The smallest absolute Gasteiger partial charge is 0.102 e. The van der Waals surface area contributed by atoms with E-state index < -0.39 is 0 Å². The fourth-order valence-corrected chi connectivity index (χ4v) is 1.46. The largest absolute Gasteiger partial charge is 0.394 e. The Balaban J connectivity index is 2.99. The summed E-state index contributed by atoms with van der Waals surface area (Å²) in [5.41, 5.74) is 7.12. The molecular formula is C9H18N4O2. The Labute approximate surface area is 89.0 Å². The van der Waals surface area contributed by atoms with E-state index in [0.29, 0.717) is 13.2 Å². The number of nitrogens with two attached hydrogens (primary N) is 1. The number of rotatable bonds is 6. The number of aromatic nitrogens is 3. The SMILES string of the molecule is CCC(CO)n1nnc(CN)c1COC. The predicted molar refractivity (Wildman–Crippen MR) is 55.0 cm³/mol. The highest BCUT2D eigenvalue weighted by molar-refractivity contribution is 5.09. The number of hydrogen-bond donors (Lipinski definition) is 2. The summed E-state index contributed by atoms with van der Waals surface area (Å²) < 4.78 is 6.77. The maximum atomic E-state index is 9.19. The van der Waals surface area contributed by atoms with Crippen molar-refractivity contribution in [2.45, 2.75) is 32.5 Å². The van der Waals surface area contributed by atoms with Crippen molar-refractivity contribution in [2.24, 2.45) is 5.73 Å². The fourth-order valence-electron chi connectivity index (χ4n) is 1.46. The number of methoxy groups -OCH3 is 1. The lowest BCUT2D eigenvalue weighted by Gasteiger charge is -2.14. The number of aliphatic hydroxyl groups excluding tert-OH is 1. The Bertz CT molecular complexity index is 296. The zero-order valence-corrected chi connectivity index (χ0v) is 9.18. The van der Waals surface area contributed by atoms with Crippen LogP contribution in [-0.4, -0.2) is 33.8 Å². The highest BCUT2D eigenvalue weighted by Gasteiger charge is 2.17. The Hall–Kier alpha value is -0.980. The van der Waals surface area contributed by atoms with Crippen LogP contribution in [0.2, 0.25) is 0 Å². The maximum absolute atomic E-state index is 9.19. The van der Waals surface area contributed by atoms with E-state index in [1.807, 2.05) is 6.92 Å². The van der Waals surface area contributed by atoms with Crippen LogP contribution < -0.4 is 5.73 Å². The molecule has 1 rings (SSSR count). The van der Waals surface area contributed by atoms with Gasteiger partial charge in [0.15, 0.2) is 0 Å². The molecule has 0 aromatic carbocycles. The minimum atomic E-state index is -0.0528. The van der Waals surface area contributed by atoms with Gasteiger partial charge < -0.3 is 15.6 Å². The highest BCUT2D eigenvalue weighted by atomic mass is 16.5. The van der Waals surface area contributed by atoms with E-state index in [9.17, 15) is 5.11 Å². The molecule has 6 nitrogen and oxygen atoms in total. The molecule has 0 saturated carbocycles. The molecule has 0 spiro atoms. The van der Waals surface area contributed by atoms with Gasteiger partial charge in [-0.3, -0.25) is 0 Å². The molecule has 1 unspecified atom stereocenters. The second-order valence-corrected chi connectivity index (χ2v) is 3.31. The van der Waals surface area contributed by atoms with Gasteiger partial charge in [0.1, 0.15) is 5.69 Å². The molecule has 0 bridgehead atoms. The van der Waals surface area contributed by atoms with Crippen molar-refractivity contribution in [3.05, 3.63) is 11.4 Å². The average molecular weight is 214 g/mol. The van der Waals surface area contributed by atoms with Crippen LogP contribution in [-0.2, 0) is 17.9 Å². The monoisotopic (exact) mass is 214 g/mol. The molecule has 0 aliphatic rings. The van der Waals surface area contributed by atoms with Crippen molar-refractivity contribution in [3.8, 4) is 0 Å². The van der Waals surface area contributed by atoms with Crippen molar-refractivity contribution in [3.63, 3.8) is 0 Å². The van der Waals surface area contributed by atoms with Crippen molar-refractivity contribution in [2.75, 3.05) is 13.7 Å². The van der Waals surface area contributed by atoms with E-state index in [4.69, 9.17) is 10.5 Å². The van der Waals surface area contributed by atoms with Crippen molar-refractivity contribution in [1.29, 1.82) is 0 Å². The van der Waals surface area contributed by atoms with Crippen LogP contribution in [0, 0.1) is 0 Å². The zero-order chi connectivity index (χ0) is 11.3. The molecule has 0 radical (unpaired) electrons. The van der Waals surface area contributed by atoms with Crippen LogP contribution in [0.25, 0.3) is 0 Å². The predicted octanol–water partition coefficient (Wildman–Crippen LogP) is -0.173. The van der Waals surface area contributed by atoms with E-state index in [1.54, 1.807) is 11.8 Å². The lowest BCUT2D eigenvalue weighted by atomic mass is 10.2. The van der Waals surface area contributed by atoms with E-state index in [0.717, 1.165) is 17.8 Å². The molecule has 1 atom stereocenters. The van der Waals surface area contributed by atoms with Gasteiger partial charge in [0.2, 0.25) is 0 Å². The first-order valence-corrected chi connectivity index (χ1v) is 5.01. The third-order valence-electron chi connectivity index (χ3n) is 2.37. The molecule has 86 valence electrons. The summed E-state index contributed by atoms with van der Waals surface area (Å²) in [6.07, 6.45) is 0.792. The molecule has 0 amide bonds. The number of hydrogen-bond acceptors (Lipinski definition) is 5. The summed E-state index contributed by atoms with van der Waals surface area (Å²) in [5, 5.41) is 17.2. The maximum Gasteiger partial charge on any atom is 0.102 e. The van der Waals surface area contributed by atoms with Gasteiger partial charge in [-0.2, -0.15) is 0 Å². The van der Waals surface area contributed by atoms with Gasteiger partial charge in [-0.1, -0.05) is 12.1 Å². The van der Waals surface area contributed by atoms with E-state index in [2.05, 4.69) is 10.3 Å². The van der Waals surface area contributed by atoms with E-state index >= 15 is 0 Å². The molecule has 0 aliphatic carbocycles. The topological polar surface area (TPSA) is 86.2 Å². The lowest BCUT2D eigenvalue weighted by Crippen LogP contribution is -2.17. The molecule has 1 aromatic rings. The third-order valence-corrected chi connectivity index (χ3v) is 2.37. The number of aliphatic hydroxyl groups is 1. The minimum absolute atomic E-state index is 0.0422. The van der Waals surface area contributed by atoms with Crippen LogP contribution in [0.4, 0.5) is 0 Å². The summed E-state index contributed by atoms with van der Waals surface area (Å²) in [6, 6.07) is -0.0528. The van der Waals surface area contributed by atoms with Gasteiger partial charge in [-0.15, -0.1) is 5.10 Å². The minimum Gasteiger partial charge on any atom is -0.394 e. The van der Waals surface area contributed by atoms with Crippen molar-refractivity contribution >= 4 is 0 Å². The first-order valence-electron chi connectivity index (χ1n) is 5.01. The highest BCUT2D eigenvalue weighted by Crippen LogP contribution is 2.15.